The Morgan fingerprint density at radius 1 is 1.45 bits per heavy atom. The number of hydrogen-bond acceptors (Lipinski definition) is 6. The van der Waals surface area contributed by atoms with Gasteiger partial charge in [0.15, 0.2) is 0 Å². The first-order valence-electron chi connectivity index (χ1n) is 6.82. The van der Waals surface area contributed by atoms with Crippen molar-refractivity contribution >= 4 is 23.2 Å². The maximum absolute atomic E-state index is 12.3. The quantitative estimate of drug-likeness (QED) is 0.825. The molecule has 0 aromatic carbocycles. The number of nitrogens with zero attached hydrogens (tertiary/aromatic N) is 1. The van der Waals surface area contributed by atoms with Crippen molar-refractivity contribution in [2.75, 3.05) is 7.11 Å². The molecule has 0 bridgehead atoms. The van der Waals surface area contributed by atoms with Gasteiger partial charge in [0.25, 0.3) is 0 Å². The number of carbonyl (C=O) groups excluding carboxylic acids is 2. The average Bonchev–Trinajstić information content (AvgIpc) is 3.12. The van der Waals surface area contributed by atoms with Crippen molar-refractivity contribution in [1.29, 1.82) is 0 Å². The first kappa shape index (κ1) is 16.2. The van der Waals surface area contributed by atoms with E-state index in [-0.39, 0.29) is 30.8 Å². The Kier molecular flexibility index (Phi) is 5.32. The number of thiophene rings is 1. The summed E-state index contributed by atoms with van der Waals surface area (Å²) in [5, 5.41) is 8.61. The van der Waals surface area contributed by atoms with Crippen LogP contribution in [0, 0.1) is 13.8 Å². The largest absolute Gasteiger partial charge is 0.469 e. The Labute approximate surface area is 132 Å². The molecule has 0 aliphatic carbocycles. The standard InChI is InChI=1S/C15H18N2O4S/c1-9-11(10(2)21-17-9)7-14(18)16-12(8-15(19)20-3)13-5-4-6-22-13/h4-6,12H,7-8H2,1-3H3,(H,16,18). The van der Waals surface area contributed by atoms with E-state index in [9.17, 15) is 9.59 Å². The van der Waals surface area contributed by atoms with E-state index in [1.807, 2.05) is 17.5 Å². The number of hydrogen-bond donors (Lipinski definition) is 1. The van der Waals surface area contributed by atoms with Crippen LogP contribution in [0.5, 0.6) is 0 Å². The predicted octanol–water partition coefficient (Wildman–Crippen LogP) is 2.32. The van der Waals surface area contributed by atoms with Crippen LogP contribution in [-0.2, 0) is 20.7 Å². The summed E-state index contributed by atoms with van der Waals surface area (Å²) in [5.74, 6) is 0.0843. The third kappa shape index (κ3) is 3.94. The van der Waals surface area contributed by atoms with E-state index < -0.39 is 0 Å². The third-order valence-corrected chi connectivity index (χ3v) is 4.32. The van der Waals surface area contributed by atoms with Crippen LogP contribution in [0.25, 0.3) is 0 Å². The molecular formula is C15H18N2O4S. The van der Waals surface area contributed by atoms with E-state index in [2.05, 4.69) is 10.5 Å². The van der Waals surface area contributed by atoms with Gasteiger partial charge in [-0.15, -0.1) is 11.3 Å². The monoisotopic (exact) mass is 322 g/mol. The van der Waals surface area contributed by atoms with Crippen LogP contribution >= 0.6 is 11.3 Å². The van der Waals surface area contributed by atoms with E-state index >= 15 is 0 Å². The number of esters is 1. The molecule has 1 N–H and O–H groups in total. The molecule has 6 nitrogen and oxygen atoms in total. The zero-order chi connectivity index (χ0) is 16.1. The lowest BCUT2D eigenvalue weighted by molar-refractivity contribution is -0.141. The van der Waals surface area contributed by atoms with E-state index in [1.165, 1.54) is 18.4 Å². The summed E-state index contributed by atoms with van der Waals surface area (Å²) >= 11 is 1.49. The van der Waals surface area contributed by atoms with Gasteiger partial charge in [-0.1, -0.05) is 11.2 Å². The Balaban J connectivity index is 2.06. The van der Waals surface area contributed by atoms with Crippen LogP contribution in [0.3, 0.4) is 0 Å². The van der Waals surface area contributed by atoms with E-state index in [1.54, 1.807) is 13.8 Å². The molecule has 0 saturated heterocycles. The molecule has 2 aromatic heterocycles. The first-order chi connectivity index (χ1) is 10.5. The molecule has 2 aromatic rings. The lowest BCUT2D eigenvalue weighted by atomic mass is 10.1. The molecule has 0 spiro atoms. The number of nitrogens with one attached hydrogen (secondary N) is 1. The Bertz CT molecular complexity index is 629. The highest BCUT2D eigenvalue weighted by molar-refractivity contribution is 7.10. The van der Waals surface area contributed by atoms with Crippen molar-refractivity contribution in [1.82, 2.24) is 10.5 Å². The molecule has 0 fully saturated rings. The van der Waals surface area contributed by atoms with Crippen LogP contribution in [0.2, 0.25) is 0 Å². The van der Waals surface area contributed by atoms with Gasteiger partial charge < -0.3 is 14.6 Å². The molecule has 1 unspecified atom stereocenters. The number of aromatic nitrogens is 1. The van der Waals surface area contributed by atoms with Crippen molar-refractivity contribution in [3.8, 4) is 0 Å². The van der Waals surface area contributed by atoms with Gasteiger partial charge >= 0.3 is 5.97 Å². The van der Waals surface area contributed by atoms with Crippen molar-refractivity contribution < 1.29 is 18.8 Å². The second-order valence-corrected chi connectivity index (χ2v) is 5.87. The number of aryl methyl sites for hydroxylation is 2. The van der Waals surface area contributed by atoms with Crippen molar-refractivity contribution in [2.24, 2.45) is 0 Å². The van der Waals surface area contributed by atoms with Crippen molar-refractivity contribution in [2.45, 2.75) is 32.7 Å². The van der Waals surface area contributed by atoms with Crippen LogP contribution < -0.4 is 5.32 Å². The van der Waals surface area contributed by atoms with Gasteiger partial charge in [-0.05, 0) is 25.3 Å². The molecule has 0 aliphatic heterocycles. The zero-order valence-electron chi connectivity index (χ0n) is 12.7. The summed E-state index contributed by atoms with van der Waals surface area (Å²) in [6, 6.07) is 3.37. The minimum absolute atomic E-state index is 0.102. The molecule has 0 saturated carbocycles. The molecule has 1 atom stereocenters. The topological polar surface area (TPSA) is 81.4 Å². The number of carbonyl (C=O) groups is 2. The first-order valence-corrected chi connectivity index (χ1v) is 7.70. The zero-order valence-corrected chi connectivity index (χ0v) is 13.5. The SMILES string of the molecule is COC(=O)CC(NC(=O)Cc1c(C)noc1C)c1cccs1. The average molecular weight is 322 g/mol. The summed E-state index contributed by atoms with van der Waals surface area (Å²) in [4.78, 5) is 24.7. The number of methoxy groups -OCH3 is 1. The van der Waals surface area contributed by atoms with Crippen LogP contribution in [0.1, 0.15) is 34.4 Å². The summed E-state index contributed by atoms with van der Waals surface area (Å²) in [5.41, 5.74) is 1.48. The van der Waals surface area contributed by atoms with Gasteiger partial charge in [0.05, 0.1) is 31.7 Å². The summed E-state index contributed by atoms with van der Waals surface area (Å²) < 4.78 is 9.75. The number of amides is 1. The fraction of sp³-hybridized carbons (Fsp3) is 0.400. The van der Waals surface area contributed by atoms with Gasteiger partial charge in [-0.3, -0.25) is 9.59 Å². The van der Waals surface area contributed by atoms with Crippen LogP contribution in [0.15, 0.2) is 22.0 Å². The second-order valence-electron chi connectivity index (χ2n) is 4.90. The fourth-order valence-corrected chi connectivity index (χ4v) is 2.90. The van der Waals surface area contributed by atoms with Gasteiger partial charge in [0, 0.05) is 10.4 Å². The van der Waals surface area contributed by atoms with Crippen LogP contribution in [-0.4, -0.2) is 24.1 Å². The lowest BCUT2D eigenvalue weighted by Gasteiger charge is -2.16. The highest BCUT2D eigenvalue weighted by Crippen LogP contribution is 2.23. The Morgan fingerprint density at radius 3 is 2.77 bits per heavy atom. The van der Waals surface area contributed by atoms with Gasteiger partial charge in [0.1, 0.15) is 5.76 Å². The molecule has 7 heteroatoms. The van der Waals surface area contributed by atoms with E-state index in [4.69, 9.17) is 9.26 Å². The molecule has 22 heavy (non-hydrogen) atoms. The maximum Gasteiger partial charge on any atom is 0.307 e. The molecule has 2 rings (SSSR count). The fourth-order valence-electron chi connectivity index (χ4n) is 2.12. The molecular weight excluding hydrogens is 304 g/mol. The summed E-state index contributed by atoms with van der Waals surface area (Å²) in [6.07, 6.45) is 0.272. The van der Waals surface area contributed by atoms with E-state index in [0.29, 0.717) is 11.5 Å². The lowest BCUT2D eigenvalue weighted by Crippen LogP contribution is -2.31. The molecule has 0 radical (unpaired) electrons. The normalized spacial score (nSPS) is 12.0. The van der Waals surface area contributed by atoms with Gasteiger partial charge in [0.2, 0.25) is 5.91 Å². The minimum atomic E-state index is -0.388. The maximum atomic E-state index is 12.3. The van der Waals surface area contributed by atoms with Crippen molar-refractivity contribution in [3.05, 3.63) is 39.4 Å². The van der Waals surface area contributed by atoms with Crippen molar-refractivity contribution in [3.63, 3.8) is 0 Å². The summed E-state index contributed by atoms with van der Waals surface area (Å²) in [7, 11) is 1.33. The van der Waals surface area contributed by atoms with E-state index in [0.717, 1.165) is 10.4 Å². The van der Waals surface area contributed by atoms with Crippen LogP contribution in [0.4, 0.5) is 0 Å². The minimum Gasteiger partial charge on any atom is -0.469 e. The number of rotatable bonds is 6. The Morgan fingerprint density at radius 2 is 2.23 bits per heavy atom. The van der Waals surface area contributed by atoms with Gasteiger partial charge in [-0.25, -0.2) is 0 Å². The predicted molar refractivity (Wildman–Crippen MR) is 81.5 cm³/mol. The summed E-state index contributed by atoms with van der Waals surface area (Å²) in [6.45, 7) is 3.57. The molecule has 2 heterocycles. The number of ether oxygens (including phenoxy) is 1. The van der Waals surface area contributed by atoms with Gasteiger partial charge in [-0.2, -0.15) is 0 Å². The Hall–Kier alpha value is -2.15. The smallest absolute Gasteiger partial charge is 0.307 e. The molecule has 1 amide bonds. The second kappa shape index (κ2) is 7.22. The third-order valence-electron chi connectivity index (χ3n) is 3.34. The highest BCUT2D eigenvalue weighted by Gasteiger charge is 2.21. The molecule has 118 valence electrons. The molecule has 0 aliphatic rings. The highest BCUT2D eigenvalue weighted by atomic mass is 32.1.